The van der Waals surface area contributed by atoms with Gasteiger partial charge in [-0.2, -0.15) is 0 Å². The molecule has 1 aromatic rings. The van der Waals surface area contributed by atoms with Gasteiger partial charge in [-0.05, 0) is 25.8 Å². The first-order valence-corrected chi connectivity index (χ1v) is 6.83. The number of benzene rings is 1. The van der Waals surface area contributed by atoms with Gasteiger partial charge in [0.05, 0.1) is 5.56 Å². The minimum Gasteiger partial charge on any atom is -0.349 e. The van der Waals surface area contributed by atoms with Crippen LogP contribution in [-0.4, -0.2) is 11.9 Å². The normalized spacial score (nSPS) is 16.4. The van der Waals surface area contributed by atoms with Crippen molar-refractivity contribution in [2.45, 2.75) is 45.1 Å². The van der Waals surface area contributed by atoms with E-state index < -0.39 is 17.5 Å². The van der Waals surface area contributed by atoms with Crippen LogP contribution >= 0.6 is 11.6 Å². The predicted octanol–water partition coefficient (Wildman–Crippen LogP) is 3.99. The molecule has 0 unspecified atom stereocenters. The molecule has 0 spiro atoms. The smallest absolute Gasteiger partial charge is 0.254 e. The van der Waals surface area contributed by atoms with Gasteiger partial charge in [0.25, 0.3) is 5.91 Å². The molecule has 0 radical (unpaired) electrons. The molecule has 1 amide bonds. The van der Waals surface area contributed by atoms with Gasteiger partial charge in [0.2, 0.25) is 0 Å². The zero-order valence-electron chi connectivity index (χ0n) is 10.7. The summed E-state index contributed by atoms with van der Waals surface area (Å²) in [6, 6.07) is 1.23. The highest BCUT2D eigenvalue weighted by molar-refractivity contribution is 6.31. The maximum atomic E-state index is 13.8. The Morgan fingerprint density at radius 1 is 1.26 bits per heavy atom. The molecule has 1 saturated carbocycles. The van der Waals surface area contributed by atoms with Crippen LogP contribution < -0.4 is 5.32 Å². The molecule has 0 atom stereocenters. The fourth-order valence-corrected chi connectivity index (χ4v) is 2.55. The summed E-state index contributed by atoms with van der Waals surface area (Å²) in [5.41, 5.74) is -0.299. The number of hydrogen-bond acceptors (Lipinski definition) is 1. The second-order valence-electron chi connectivity index (χ2n) is 4.97. The van der Waals surface area contributed by atoms with E-state index >= 15 is 0 Å². The fourth-order valence-electron chi connectivity index (χ4n) is 2.36. The third kappa shape index (κ3) is 3.06. The SMILES string of the molecule is Cc1c(Cl)cc(C(=O)NC2CCCCC2)c(F)c1F. The molecule has 2 rings (SSSR count). The van der Waals surface area contributed by atoms with Gasteiger partial charge in [-0.15, -0.1) is 0 Å². The number of carbonyl (C=O) groups excluding carboxylic acids is 1. The molecule has 0 bridgehead atoms. The van der Waals surface area contributed by atoms with Crippen LogP contribution in [0.2, 0.25) is 5.02 Å². The van der Waals surface area contributed by atoms with Gasteiger partial charge in [-0.3, -0.25) is 4.79 Å². The van der Waals surface area contributed by atoms with Gasteiger partial charge in [-0.1, -0.05) is 30.9 Å². The number of hydrogen-bond donors (Lipinski definition) is 1. The van der Waals surface area contributed by atoms with Crippen LogP contribution in [0.25, 0.3) is 0 Å². The maximum Gasteiger partial charge on any atom is 0.254 e. The Kier molecular flexibility index (Phi) is 4.40. The van der Waals surface area contributed by atoms with Gasteiger partial charge in [0, 0.05) is 16.6 Å². The molecule has 1 aliphatic rings. The molecule has 0 heterocycles. The highest BCUT2D eigenvalue weighted by Gasteiger charge is 2.22. The van der Waals surface area contributed by atoms with E-state index in [0.29, 0.717) is 0 Å². The van der Waals surface area contributed by atoms with Gasteiger partial charge in [0.15, 0.2) is 11.6 Å². The average molecular weight is 288 g/mol. The lowest BCUT2D eigenvalue weighted by molar-refractivity contribution is 0.0922. The number of amides is 1. The van der Waals surface area contributed by atoms with Crippen molar-refractivity contribution in [1.29, 1.82) is 0 Å². The zero-order chi connectivity index (χ0) is 14.0. The Hall–Kier alpha value is -1.16. The Labute approximate surface area is 116 Å². The van der Waals surface area contributed by atoms with E-state index in [-0.39, 0.29) is 22.2 Å². The van der Waals surface area contributed by atoms with Crippen molar-refractivity contribution in [3.05, 3.63) is 33.9 Å². The predicted molar refractivity (Wildman–Crippen MR) is 70.4 cm³/mol. The summed E-state index contributed by atoms with van der Waals surface area (Å²) in [6.07, 6.45) is 5.03. The molecule has 1 aromatic carbocycles. The van der Waals surface area contributed by atoms with E-state index in [4.69, 9.17) is 11.6 Å². The summed E-state index contributed by atoms with van der Waals surface area (Å²) in [5.74, 6) is -2.78. The molecule has 1 aliphatic carbocycles. The van der Waals surface area contributed by atoms with Crippen molar-refractivity contribution in [3.8, 4) is 0 Å². The Balaban J connectivity index is 2.19. The van der Waals surface area contributed by atoms with E-state index in [1.807, 2.05) is 0 Å². The maximum absolute atomic E-state index is 13.8. The van der Waals surface area contributed by atoms with E-state index in [0.717, 1.165) is 32.1 Å². The summed E-state index contributed by atoms with van der Waals surface area (Å²) in [7, 11) is 0. The van der Waals surface area contributed by atoms with Gasteiger partial charge >= 0.3 is 0 Å². The Morgan fingerprint density at radius 3 is 2.53 bits per heavy atom. The van der Waals surface area contributed by atoms with Gasteiger partial charge in [0.1, 0.15) is 0 Å². The highest BCUT2D eigenvalue weighted by atomic mass is 35.5. The van der Waals surface area contributed by atoms with Crippen LogP contribution in [0.4, 0.5) is 8.78 Å². The number of rotatable bonds is 2. The average Bonchev–Trinajstić information content (AvgIpc) is 2.41. The lowest BCUT2D eigenvalue weighted by Gasteiger charge is -2.23. The highest BCUT2D eigenvalue weighted by Crippen LogP contribution is 2.25. The van der Waals surface area contributed by atoms with Crippen molar-refractivity contribution < 1.29 is 13.6 Å². The summed E-state index contributed by atoms with van der Waals surface area (Å²) in [6.45, 7) is 1.38. The van der Waals surface area contributed by atoms with E-state index in [1.165, 1.54) is 13.0 Å². The lowest BCUT2D eigenvalue weighted by atomic mass is 9.95. The second kappa shape index (κ2) is 5.87. The number of carbonyl (C=O) groups is 1. The minimum atomic E-state index is -1.13. The molecule has 0 aliphatic heterocycles. The molecule has 19 heavy (non-hydrogen) atoms. The molecule has 104 valence electrons. The quantitative estimate of drug-likeness (QED) is 0.819. The molecule has 0 saturated heterocycles. The van der Waals surface area contributed by atoms with E-state index in [1.54, 1.807) is 0 Å². The monoisotopic (exact) mass is 287 g/mol. The van der Waals surface area contributed by atoms with Crippen LogP contribution in [0, 0.1) is 18.6 Å². The summed E-state index contributed by atoms with van der Waals surface area (Å²) in [5, 5.41) is 2.81. The summed E-state index contributed by atoms with van der Waals surface area (Å²) in [4.78, 5) is 12.0. The molecule has 0 aromatic heterocycles. The fraction of sp³-hybridized carbons (Fsp3) is 0.500. The molecule has 1 fully saturated rings. The molecular formula is C14H16ClF2NO. The first-order valence-electron chi connectivity index (χ1n) is 6.45. The first-order chi connectivity index (χ1) is 9.00. The zero-order valence-corrected chi connectivity index (χ0v) is 11.5. The minimum absolute atomic E-state index is 0.0217. The second-order valence-corrected chi connectivity index (χ2v) is 5.37. The van der Waals surface area contributed by atoms with Crippen LogP contribution in [0.15, 0.2) is 6.07 Å². The van der Waals surface area contributed by atoms with Crippen LogP contribution in [0.1, 0.15) is 48.0 Å². The lowest BCUT2D eigenvalue weighted by Crippen LogP contribution is -2.36. The largest absolute Gasteiger partial charge is 0.349 e. The standard InChI is InChI=1S/C14H16ClF2NO/c1-8-11(15)7-10(13(17)12(8)16)14(19)18-9-5-3-2-4-6-9/h7,9H,2-6H2,1H3,(H,18,19). The molecular weight excluding hydrogens is 272 g/mol. The molecule has 2 nitrogen and oxygen atoms in total. The van der Waals surface area contributed by atoms with Crippen molar-refractivity contribution in [2.24, 2.45) is 0 Å². The van der Waals surface area contributed by atoms with Gasteiger partial charge in [-0.25, -0.2) is 8.78 Å². The van der Waals surface area contributed by atoms with Crippen molar-refractivity contribution in [3.63, 3.8) is 0 Å². The van der Waals surface area contributed by atoms with Crippen molar-refractivity contribution >= 4 is 17.5 Å². The number of nitrogens with one attached hydrogen (secondary N) is 1. The van der Waals surface area contributed by atoms with Crippen LogP contribution in [0.3, 0.4) is 0 Å². The number of halogens is 3. The first kappa shape index (κ1) is 14.3. The van der Waals surface area contributed by atoms with Crippen molar-refractivity contribution in [2.75, 3.05) is 0 Å². The molecule has 1 N–H and O–H groups in total. The van der Waals surface area contributed by atoms with Crippen LogP contribution in [-0.2, 0) is 0 Å². The van der Waals surface area contributed by atoms with Gasteiger partial charge < -0.3 is 5.32 Å². The van der Waals surface area contributed by atoms with E-state index in [2.05, 4.69) is 5.32 Å². The third-order valence-corrected chi connectivity index (χ3v) is 3.97. The van der Waals surface area contributed by atoms with E-state index in [9.17, 15) is 13.6 Å². The molecule has 5 heteroatoms. The topological polar surface area (TPSA) is 29.1 Å². The third-order valence-electron chi connectivity index (χ3n) is 3.57. The Bertz CT molecular complexity index is 499. The Morgan fingerprint density at radius 2 is 1.89 bits per heavy atom. The van der Waals surface area contributed by atoms with Crippen LogP contribution in [0.5, 0.6) is 0 Å². The summed E-state index contributed by atoms with van der Waals surface area (Å²) >= 11 is 5.79. The summed E-state index contributed by atoms with van der Waals surface area (Å²) < 4.78 is 27.3. The van der Waals surface area contributed by atoms with Crippen molar-refractivity contribution in [1.82, 2.24) is 5.32 Å².